The Morgan fingerprint density at radius 1 is 1.13 bits per heavy atom. The van der Waals surface area contributed by atoms with Crippen LogP contribution in [0.5, 0.6) is 0 Å². The molecule has 2 aromatic heterocycles. The highest BCUT2D eigenvalue weighted by Gasteiger charge is 2.44. The van der Waals surface area contributed by atoms with E-state index in [2.05, 4.69) is 25.2 Å². The number of nitrogens with zero attached hydrogens (tertiary/aromatic N) is 5. The average molecular weight is 412 g/mol. The topological polar surface area (TPSA) is 129 Å². The minimum absolute atomic E-state index is 0.213. The summed E-state index contributed by atoms with van der Waals surface area (Å²) in [5, 5.41) is 33.3. The van der Waals surface area contributed by atoms with Crippen molar-refractivity contribution in [2.45, 2.75) is 37.0 Å². The van der Waals surface area contributed by atoms with Crippen LogP contribution in [0.2, 0.25) is 0 Å². The van der Waals surface area contributed by atoms with Gasteiger partial charge in [-0.25, -0.2) is 15.0 Å². The van der Waals surface area contributed by atoms with Gasteiger partial charge in [-0.15, -0.1) is 0 Å². The van der Waals surface area contributed by atoms with Crippen molar-refractivity contribution in [3.05, 3.63) is 43.0 Å². The molecule has 3 aromatic rings. The average Bonchev–Trinajstić information content (AvgIpc) is 3.51. The van der Waals surface area contributed by atoms with Crippen LogP contribution < -0.4 is 10.2 Å². The first kappa shape index (κ1) is 19.3. The van der Waals surface area contributed by atoms with Gasteiger partial charge in [-0.2, -0.15) is 0 Å². The van der Waals surface area contributed by atoms with Crippen LogP contribution in [0.3, 0.4) is 0 Å². The molecule has 2 aliphatic heterocycles. The summed E-state index contributed by atoms with van der Waals surface area (Å²) in [5.74, 6) is 0.672. The molecular formula is C20H24N6O4. The molecule has 1 aromatic carbocycles. The fraction of sp³-hybridized carbons (Fsp3) is 0.450. The Balaban J connectivity index is 1.59. The number of hydrogen-bond donors (Lipinski definition) is 4. The summed E-state index contributed by atoms with van der Waals surface area (Å²) in [7, 11) is 0. The third-order valence-electron chi connectivity index (χ3n) is 5.79. The van der Waals surface area contributed by atoms with Gasteiger partial charge in [-0.3, -0.25) is 4.57 Å². The number of hydrogen-bond acceptors (Lipinski definition) is 9. The van der Waals surface area contributed by atoms with E-state index in [1.54, 1.807) is 4.57 Å². The Hall–Kier alpha value is -2.63. The predicted octanol–water partition coefficient (Wildman–Crippen LogP) is -0.0622. The normalized spacial score (nSPS) is 29.0. The van der Waals surface area contributed by atoms with Crippen LogP contribution in [-0.2, 0) is 4.74 Å². The number of nitrogens with one attached hydrogen (secondary N) is 1. The zero-order valence-electron chi connectivity index (χ0n) is 16.2. The molecule has 4 N–H and O–H groups in total. The van der Waals surface area contributed by atoms with Gasteiger partial charge in [-0.05, 0) is 25.1 Å². The molecule has 5 rings (SSSR count). The fourth-order valence-electron chi connectivity index (χ4n) is 4.27. The van der Waals surface area contributed by atoms with Gasteiger partial charge in [0.05, 0.1) is 12.9 Å². The summed E-state index contributed by atoms with van der Waals surface area (Å²) in [6.45, 7) is 1.37. The Kier molecular flexibility index (Phi) is 5.09. The van der Waals surface area contributed by atoms with E-state index in [-0.39, 0.29) is 6.04 Å². The van der Waals surface area contributed by atoms with Gasteiger partial charge in [0, 0.05) is 18.3 Å². The maximum atomic E-state index is 10.4. The summed E-state index contributed by atoms with van der Waals surface area (Å²) in [6.07, 6.45) is -0.200. The number of anilines is 2. The van der Waals surface area contributed by atoms with E-state index in [1.807, 2.05) is 30.3 Å². The molecule has 2 aliphatic rings. The van der Waals surface area contributed by atoms with Crippen molar-refractivity contribution in [1.82, 2.24) is 24.8 Å². The molecule has 0 bridgehead atoms. The molecule has 2 saturated heterocycles. The molecule has 4 heterocycles. The summed E-state index contributed by atoms with van der Waals surface area (Å²) in [6, 6.07) is 10.2. The summed E-state index contributed by atoms with van der Waals surface area (Å²) in [5.41, 5.74) is 2.07. The minimum Gasteiger partial charge on any atom is -0.394 e. The van der Waals surface area contributed by atoms with E-state index < -0.39 is 31.1 Å². The first-order chi connectivity index (χ1) is 14.7. The lowest BCUT2D eigenvalue weighted by Gasteiger charge is -2.29. The number of aromatic nitrogens is 4. The van der Waals surface area contributed by atoms with Crippen LogP contribution in [0, 0.1) is 0 Å². The minimum atomic E-state index is -1.21. The van der Waals surface area contributed by atoms with Crippen LogP contribution in [0.1, 0.15) is 12.6 Å². The Labute approximate surface area is 172 Å². The molecule has 5 atom stereocenters. The third kappa shape index (κ3) is 3.13. The monoisotopic (exact) mass is 412 g/mol. The smallest absolute Gasteiger partial charge is 0.167 e. The molecule has 0 unspecified atom stereocenters. The molecule has 10 nitrogen and oxygen atoms in total. The summed E-state index contributed by atoms with van der Waals surface area (Å²) < 4.78 is 7.24. The molecule has 2 fully saturated rings. The van der Waals surface area contributed by atoms with Crippen molar-refractivity contribution < 1.29 is 20.1 Å². The largest absolute Gasteiger partial charge is 0.394 e. The number of para-hydroxylation sites is 1. The quantitative estimate of drug-likeness (QED) is 0.455. The zero-order chi connectivity index (χ0) is 20.7. The van der Waals surface area contributed by atoms with Crippen molar-refractivity contribution in [1.29, 1.82) is 0 Å². The van der Waals surface area contributed by atoms with Crippen LogP contribution in [0.25, 0.3) is 11.2 Å². The SMILES string of the molecule is OC[C@@H]1O[C@@H](n2cnc3c(N(c4ccccc4)[C@H]4CCNC4)ncnc32)[C@H](O)[C@@H]1O. The maximum absolute atomic E-state index is 10.4. The highest BCUT2D eigenvalue weighted by molar-refractivity contribution is 5.86. The van der Waals surface area contributed by atoms with Crippen molar-refractivity contribution in [3.8, 4) is 0 Å². The van der Waals surface area contributed by atoms with E-state index in [4.69, 9.17) is 4.74 Å². The number of ether oxygens (including phenoxy) is 1. The molecular weight excluding hydrogens is 388 g/mol. The lowest BCUT2D eigenvalue weighted by molar-refractivity contribution is -0.0511. The van der Waals surface area contributed by atoms with Crippen molar-refractivity contribution in [2.24, 2.45) is 0 Å². The van der Waals surface area contributed by atoms with Gasteiger partial charge < -0.3 is 30.3 Å². The van der Waals surface area contributed by atoms with Crippen molar-refractivity contribution >= 4 is 22.7 Å². The van der Waals surface area contributed by atoms with Crippen LogP contribution >= 0.6 is 0 Å². The lowest BCUT2D eigenvalue weighted by atomic mass is 10.1. The number of aliphatic hydroxyl groups is 3. The highest BCUT2D eigenvalue weighted by atomic mass is 16.6. The second kappa shape index (κ2) is 7.89. The number of fused-ring (bicyclic) bond motifs is 1. The maximum Gasteiger partial charge on any atom is 0.167 e. The number of rotatable bonds is 5. The van der Waals surface area contributed by atoms with Crippen molar-refractivity contribution in [2.75, 3.05) is 24.6 Å². The first-order valence-corrected chi connectivity index (χ1v) is 10.0. The molecule has 0 saturated carbocycles. The molecule has 0 spiro atoms. The summed E-state index contributed by atoms with van der Waals surface area (Å²) in [4.78, 5) is 15.6. The van der Waals surface area contributed by atoms with E-state index in [1.165, 1.54) is 12.7 Å². The molecule has 0 amide bonds. The van der Waals surface area contributed by atoms with Crippen LogP contribution in [0.4, 0.5) is 11.5 Å². The molecule has 0 radical (unpaired) electrons. The van der Waals surface area contributed by atoms with E-state index in [0.717, 1.165) is 25.2 Å². The van der Waals surface area contributed by atoms with E-state index in [9.17, 15) is 15.3 Å². The number of aliphatic hydroxyl groups excluding tert-OH is 3. The lowest BCUT2D eigenvalue weighted by Crippen LogP contribution is -2.34. The number of benzene rings is 1. The van der Waals surface area contributed by atoms with E-state index in [0.29, 0.717) is 17.0 Å². The van der Waals surface area contributed by atoms with E-state index >= 15 is 0 Å². The molecule has 10 heteroatoms. The number of imidazole rings is 1. The summed E-state index contributed by atoms with van der Waals surface area (Å²) >= 11 is 0. The Bertz CT molecular complexity index is 1010. The molecule has 30 heavy (non-hydrogen) atoms. The Morgan fingerprint density at radius 2 is 1.97 bits per heavy atom. The standard InChI is InChI=1S/C20H24N6O4/c27-9-14-16(28)17(29)20(30-14)25-11-24-15-18(25)22-10-23-19(15)26(13-6-7-21-8-13)12-4-2-1-3-5-12/h1-5,10-11,13-14,16-17,20-21,27-29H,6-9H2/t13-,14-,16+,17+,20+/m0/s1. The van der Waals surface area contributed by atoms with Gasteiger partial charge in [0.25, 0.3) is 0 Å². The molecule has 0 aliphatic carbocycles. The molecule has 158 valence electrons. The second-order valence-electron chi connectivity index (χ2n) is 7.60. The van der Waals surface area contributed by atoms with Gasteiger partial charge >= 0.3 is 0 Å². The second-order valence-corrected chi connectivity index (χ2v) is 7.60. The van der Waals surface area contributed by atoms with Crippen LogP contribution in [-0.4, -0.2) is 78.9 Å². The van der Waals surface area contributed by atoms with Gasteiger partial charge in [-0.1, -0.05) is 18.2 Å². The fourth-order valence-corrected chi connectivity index (χ4v) is 4.27. The first-order valence-electron chi connectivity index (χ1n) is 10.0. The van der Waals surface area contributed by atoms with Crippen molar-refractivity contribution in [3.63, 3.8) is 0 Å². The van der Waals surface area contributed by atoms with Gasteiger partial charge in [0.15, 0.2) is 23.2 Å². The van der Waals surface area contributed by atoms with Crippen LogP contribution in [0.15, 0.2) is 43.0 Å². The third-order valence-corrected chi connectivity index (χ3v) is 5.79. The highest BCUT2D eigenvalue weighted by Crippen LogP contribution is 2.35. The predicted molar refractivity (Wildman–Crippen MR) is 108 cm³/mol. The van der Waals surface area contributed by atoms with Gasteiger partial charge in [0.2, 0.25) is 0 Å². The Morgan fingerprint density at radius 3 is 2.67 bits per heavy atom. The van der Waals surface area contributed by atoms with Gasteiger partial charge in [0.1, 0.15) is 24.6 Å². The zero-order valence-corrected chi connectivity index (χ0v) is 16.2.